The average molecular weight is 395 g/mol. The van der Waals surface area contributed by atoms with Crippen molar-refractivity contribution in [2.75, 3.05) is 16.8 Å². The lowest BCUT2D eigenvalue weighted by Gasteiger charge is -2.07. The first-order valence-corrected chi connectivity index (χ1v) is 10.3. The molecule has 1 fully saturated rings. The molecule has 0 aliphatic carbocycles. The van der Waals surface area contributed by atoms with Crippen LogP contribution in [0.25, 0.3) is 0 Å². The van der Waals surface area contributed by atoms with Crippen LogP contribution in [-0.2, 0) is 21.1 Å². The lowest BCUT2D eigenvalue weighted by Crippen LogP contribution is -2.17. The number of halogens is 1. The highest BCUT2D eigenvalue weighted by molar-refractivity contribution is 9.10. The number of hydrogen-bond acceptors (Lipinski definition) is 5. The van der Waals surface area contributed by atoms with Gasteiger partial charge in [0.15, 0.2) is 9.84 Å². The molecule has 0 bridgehead atoms. The molecule has 1 amide bonds. The highest BCUT2D eigenvalue weighted by Crippen LogP contribution is 2.32. The smallest absolute Gasteiger partial charge is 0.225 e. The van der Waals surface area contributed by atoms with E-state index >= 15 is 0 Å². The SMILES string of the molecule is CC(C)Cc1nsc(NC(=O)CC2CCS(=O)(=O)C2)c1Br. The van der Waals surface area contributed by atoms with E-state index in [4.69, 9.17) is 0 Å². The van der Waals surface area contributed by atoms with Crippen molar-refractivity contribution in [1.29, 1.82) is 0 Å². The number of aromatic nitrogens is 1. The van der Waals surface area contributed by atoms with Crippen molar-refractivity contribution in [3.8, 4) is 0 Å². The Kier molecular flexibility index (Phi) is 5.43. The molecular weight excluding hydrogens is 376 g/mol. The van der Waals surface area contributed by atoms with Crippen LogP contribution in [0.2, 0.25) is 0 Å². The molecule has 1 aromatic rings. The lowest BCUT2D eigenvalue weighted by molar-refractivity contribution is -0.116. The Morgan fingerprint density at radius 2 is 2.24 bits per heavy atom. The number of rotatable bonds is 5. The number of sulfone groups is 1. The van der Waals surface area contributed by atoms with Gasteiger partial charge in [0.2, 0.25) is 5.91 Å². The number of nitrogens with one attached hydrogen (secondary N) is 1. The van der Waals surface area contributed by atoms with E-state index in [-0.39, 0.29) is 29.8 Å². The second-order valence-electron chi connectivity index (χ2n) is 5.89. The first kappa shape index (κ1) is 16.9. The molecule has 1 N–H and O–H groups in total. The van der Waals surface area contributed by atoms with Crippen molar-refractivity contribution in [1.82, 2.24) is 4.37 Å². The van der Waals surface area contributed by atoms with Crippen molar-refractivity contribution < 1.29 is 13.2 Å². The molecule has 1 aliphatic heterocycles. The molecule has 1 saturated heterocycles. The summed E-state index contributed by atoms with van der Waals surface area (Å²) in [6, 6.07) is 0. The topological polar surface area (TPSA) is 76.1 Å². The molecule has 0 radical (unpaired) electrons. The number of carbonyl (C=O) groups excluding carboxylic acids is 1. The number of nitrogens with zero attached hydrogens (tertiary/aromatic N) is 1. The molecule has 21 heavy (non-hydrogen) atoms. The summed E-state index contributed by atoms with van der Waals surface area (Å²) in [6.07, 6.45) is 1.69. The minimum atomic E-state index is -2.93. The number of anilines is 1. The van der Waals surface area contributed by atoms with Crippen LogP contribution < -0.4 is 5.32 Å². The largest absolute Gasteiger partial charge is 0.315 e. The summed E-state index contributed by atoms with van der Waals surface area (Å²) in [5.41, 5.74) is 0.953. The van der Waals surface area contributed by atoms with Crippen LogP contribution in [-0.4, -0.2) is 30.2 Å². The van der Waals surface area contributed by atoms with Gasteiger partial charge in [-0.25, -0.2) is 8.42 Å². The molecule has 118 valence electrons. The zero-order valence-electron chi connectivity index (χ0n) is 12.1. The quantitative estimate of drug-likeness (QED) is 0.832. The van der Waals surface area contributed by atoms with Crippen LogP contribution in [0.15, 0.2) is 4.47 Å². The molecule has 2 heterocycles. The van der Waals surface area contributed by atoms with Gasteiger partial charge >= 0.3 is 0 Å². The number of amides is 1. The average Bonchev–Trinajstić information content (AvgIpc) is 2.85. The Hall–Kier alpha value is -0.470. The van der Waals surface area contributed by atoms with E-state index in [0.29, 0.717) is 17.3 Å². The molecule has 1 aliphatic rings. The van der Waals surface area contributed by atoms with Crippen molar-refractivity contribution in [2.24, 2.45) is 11.8 Å². The maximum absolute atomic E-state index is 12.0. The number of carbonyl (C=O) groups is 1. The summed E-state index contributed by atoms with van der Waals surface area (Å²) in [5.74, 6) is 0.626. The second kappa shape index (κ2) is 6.75. The fraction of sp³-hybridized carbons (Fsp3) is 0.692. The van der Waals surface area contributed by atoms with Crippen LogP contribution >= 0.6 is 27.5 Å². The van der Waals surface area contributed by atoms with Crippen molar-refractivity contribution in [3.05, 3.63) is 10.2 Å². The fourth-order valence-corrected chi connectivity index (χ4v) is 5.65. The molecule has 0 aromatic carbocycles. The zero-order chi connectivity index (χ0) is 15.6. The van der Waals surface area contributed by atoms with E-state index in [1.165, 1.54) is 11.5 Å². The van der Waals surface area contributed by atoms with Gasteiger partial charge in [0, 0.05) is 6.42 Å². The Labute approximate surface area is 137 Å². The summed E-state index contributed by atoms with van der Waals surface area (Å²) in [5, 5.41) is 3.54. The van der Waals surface area contributed by atoms with Crippen LogP contribution in [0.5, 0.6) is 0 Å². The van der Waals surface area contributed by atoms with Crippen molar-refractivity contribution in [2.45, 2.75) is 33.1 Å². The van der Waals surface area contributed by atoms with Gasteiger partial charge in [-0.2, -0.15) is 4.37 Å². The normalized spacial score (nSPS) is 20.9. The van der Waals surface area contributed by atoms with E-state index in [1.807, 2.05) is 0 Å². The predicted octanol–water partition coefficient (Wildman–Crippen LogP) is 2.87. The van der Waals surface area contributed by atoms with Crippen LogP contribution in [0.3, 0.4) is 0 Å². The molecule has 1 atom stereocenters. The number of hydrogen-bond donors (Lipinski definition) is 1. The maximum Gasteiger partial charge on any atom is 0.225 e. The van der Waals surface area contributed by atoms with Gasteiger partial charge in [-0.05, 0) is 52.1 Å². The van der Waals surface area contributed by atoms with Gasteiger partial charge in [0.05, 0.1) is 21.7 Å². The molecule has 2 rings (SSSR count). The highest BCUT2D eigenvalue weighted by Gasteiger charge is 2.29. The molecule has 0 spiro atoms. The predicted molar refractivity (Wildman–Crippen MR) is 88.4 cm³/mol. The Morgan fingerprint density at radius 1 is 1.52 bits per heavy atom. The summed E-state index contributed by atoms with van der Waals surface area (Å²) < 4.78 is 28.0. The fourth-order valence-electron chi connectivity index (χ4n) is 2.38. The summed E-state index contributed by atoms with van der Waals surface area (Å²) in [7, 11) is -2.93. The van der Waals surface area contributed by atoms with E-state index in [2.05, 4.69) is 39.5 Å². The second-order valence-corrected chi connectivity index (χ2v) is 9.69. The van der Waals surface area contributed by atoms with Crippen LogP contribution in [0.4, 0.5) is 5.00 Å². The lowest BCUT2D eigenvalue weighted by atomic mass is 10.1. The first-order valence-electron chi connectivity index (χ1n) is 6.91. The zero-order valence-corrected chi connectivity index (χ0v) is 15.3. The van der Waals surface area contributed by atoms with Crippen LogP contribution in [0.1, 0.15) is 32.4 Å². The Morgan fingerprint density at radius 3 is 2.81 bits per heavy atom. The van der Waals surface area contributed by atoms with Crippen molar-refractivity contribution in [3.63, 3.8) is 0 Å². The molecule has 8 heteroatoms. The third-order valence-corrected chi connectivity index (χ3v) is 7.11. The Balaban J connectivity index is 1.93. The highest BCUT2D eigenvalue weighted by atomic mass is 79.9. The van der Waals surface area contributed by atoms with E-state index in [9.17, 15) is 13.2 Å². The standard InChI is InChI=1S/C13H19BrN2O3S2/c1-8(2)5-10-12(14)13(20-16-10)15-11(17)6-9-3-4-21(18,19)7-9/h8-9H,3-7H2,1-2H3,(H,15,17). The molecule has 5 nitrogen and oxygen atoms in total. The maximum atomic E-state index is 12.0. The third-order valence-electron chi connectivity index (χ3n) is 3.36. The third kappa shape index (κ3) is 4.75. The molecule has 1 aromatic heterocycles. The minimum absolute atomic E-state index is 0.0585. The summed E-state index contributed by atoms with van der Waals surface area (Å²) in [6.45, 7) is 4.23. The van der Waals surface area contributed by atoms with Crippen molar-refractivity contribution >= 4 is 48.2 Å². The van der Waals surface area contributed by atoms with Gasteiger partial charge < -0.3 is 5.32 Å². The minimum Gasteiger partial charge on any atom is -0.315 e. The molecule has 1 unspecified atom stereocenters. The molecular formula is C13H19BrN2O3S2. The van der Waals surface area contributed by atoms with Gasteiger partial charge in [0.25, 0.3) is 0 Å². The monoisotopic (exact) mass is 394 g/mol. The van der Waals surface area contributed by atoms with E-state index in [1.54, 1.807) is 0 Å². The van der Waals surface area contributed by atoms with Gasteiger partial charge in [-0.15, -0.1) is 0 Å². The van der Waals surface area contributed by atoms with Gasteiger partial charge in [0.1, 0.15) is 5.00 Å². The summed E-state index contributed by atoms with van der Waals surface area (Å²) in [4.78, 5) is 12.0. The van der Waals surface area contributed by atoms with E-state index < -0.39 is 9.84 Å². The van der Waals surface area contributed by atoms with Gasteiger partial charge in [-0.3, -0.25) is 4.79 Å². The van der Waals surface area contributed by atoms with E-state index in [0.717, 1.165) is 16.6 Å². The first-order chi connectivity index (χ1) is 9.77. The van der Waals surface area contributed by atoms with Gasteiger partial charge in [-0.1, -0.05) is 13.8 Å². The van der Waals surface area contributed by atoms with Crippen LogP contribution in [0, 0.1) is 11.8 Å². The summed E-state index contributed by atoms with van der Waals surface area (Å²) >= 11 is 4.73. The molecule has 0 saturated carbocycles. The Bertz CT molecular complexity index is 625.